The number of carbonyl (C=O) groups is 1. The van der Waals surface area contributed by atoms with Crippen molar-refractivity contribution in [2.45, 2.75) is 19.0 Å². The number of piperidine rings is 1. The van der Waals surface area contributed by atoms with Crippen LogP contribution in [0.3, 0.4) is 0 Å². The number of carbonyl (C=O) groups excluding carboxylic acids is 1. The van der Waals surface area contributed by atoms with Crippen LogP contribution in [-0.2, 0) is 11.0 Å². The predicted molar refractivity (Wildman–Crippen MR) is 87.0 cm³/mol. The van der Waals surface area contributed by atoms with E-state index in [1.807, 2.05) is 4.90 Å². The second kappa shape index (κ2) is 7.08. The van der Waals surface area contributed by atoms with Crippen molar-refractivity contribution in [3.8, 4) is 0 Å². The Bertz CT molecular complexity index is 711. The van der Waals surface area contributed by atoms with E-state index in [-0.39, 0.29) is 11.8 Å². The first-order chi connectivity index (χ1) is 11.9. The topological polar surface area (TPSA) is 58.1 Å². The Labute approximate surface area is 142 Å². The third-order valence-electron chi connectivity index (χ3n) is 4.18. The lowest BCUT2D eigenvalue weighted by molar-refractivity contribution is -0.137. The summed E-state index contributed by atoms with van der Waals surface area (Å²) in [5, 5.41) is 2.69. The number of anilines is 2. The standard InChI is InChI=1S/C17H17F3N4O/c18-17(19,20)13-2-4-14(5-3-13)23-15(25)12-6-10-24(11-7-12)16-21-8-1-9-22-16/h1-5,8-9,12H,6-7,10-11H2,(H,23,25). The third kappa shape index (κ3) is 4.26. The molecule has 0 atom stereocenters. The molecule has 0 spiro atoms. The van der Waals surface area contributed by atoms with Gasteiger partial charge in [-0.2, -0.15) is 13.2 Å². The van der Waals surface area contributed by atoms with Crippen LogP contribution in [0.15, 0.2) is 42.7 Å². The minimum Gasteiger partial charge on any atom is -0.341 e. The van der Waals surface area contributed by atoms with E-state index in [1.54, 1.807) is 18.5 Å². The van der Waals surface area contributed by atoms with Gasteiger partial charge in [0.1, 0.15) is 0 Å². The molecule has 1 aromatic carbocycles. The van der Waals surface area contributed by atoms with Gasteiger partial charge in [0, 0.05) is 37.1 Å². The van der Waals surface area contributed by atoms with Crippen LogP contribution in [0.1, 0.15) is 18.4 Å². The number of nitrogens with one attached hydrogen (secondary N) is 1. The fraction of sp³-hybridized carbons (Fsp3) is 0.353. The largest absolute Gasteiger partial charge is 0.416 e. The van der Waals surface area contributed by atoms with Crippen LogP contribution in [0.25, 0.3) is 0 Å². The smallest absolute Gasteiger partial charge is 0.341 e. The van der Waals surface area contributed by atoms with Gasteiger partial charge in [-0.3, -0.25) is 4.79 Å². The van der Waals surface area contributed by atoms with Gasteiger partial charge in [0.15, 0.2) is 0 Å². The summed E-state index contributed by atoms with van der Waals surface area (Å²) in [6.07, 6.45) is 0.252. The van der Waals surface area contributed by atoms with Crippen LogP contribution in [0.2, 0.25) is 0 Å². The van der Waals surface area contributed by atoms with Gasteiger partial charge >= 0.3 is 6.18 Å². The summed E-state index contributed by atoms with van der Waals surface area (Å²) in [6, 6.07) is 6.21. The highest BCUT2D eigenvalue weighted by molar-refractivity contribution is 5.92. The van der Waals surface area contributed by atoms with Gasteiger partial charge in [-0.05, 0) is 43.2 Å². The highest BCUT2D eigenvalue weighted by Gasteiger charge is 2.30. The SMILES string of the molecule is O=C(Nc1ccc(C(F)(F)F)cc1)C1CCN(c2ncccn2)CC1. The molecule has 2 aromatic rings. The summed E-state index contributed by atoms with van der Waals surface area (Å²) in [5.74, 6) is 0.291. The van der Waals surface area contributed by atoms with Gasteiger partial charge < -0.3 is 10.2 Å². The monoisotopic (exact) mass is 350 g/mol. The molecular formula is C17H17F3N4O. The molecule has 0 unspecified atom stereocenters. The molecule has 1 aromatic heterocycles. The molecule has 1 aliphatic heterocycles. The minimum atomic E-state index is -4.38. The number of nitrogens with zero attached hydrogens (tertiary/aromatic N) is 3. The molecule has 25 heavy (non-hydrogen) atoms. The molecule has 0 aliphatic carbocycles. The molecule has 0 saturated carbocycles. The molecule has 1 N–H and O–H groups in total. The molecule has 3 rings (SSSR count). The molecule has 0 radical (unpaired) electrons. The first kappa shape index (κ1) is 17.2. The Morgan fingerprint density at radius 3 is 2.24 bits per heavy atom. The number of amides is 1. The summed E-state index contributed by atoms with van der Waals surface area (Å²) in [5.41, 5.74) is -0.367. The average molecular weight is 350 g/mol. The number of hydrogen-bond acceptors (Lipinski definition) is 4. The number of rotatable bonds is 3. The van der Waals surface area contributed by atoms with Crippen molar-refractivity contribution in [3.63, 3.8) is 0 Å². The quantitative estimate of drug-likeness (QED) is 0.922. The van der Waals surface area contributed by atoms with Crippen LogP contribution >= 0.6 is 0 Å². The maximum absolute atomic E-state index is 12.5. The van der Waals surface area contributed by atoms with Gasteiger partial charge in [0.25, 0.3) is 0 Å². The molecule has 1 aliphatic rings. The highest BCUT2D eigenvalue weighted by Crippen LogP contribution is 2.30. The van der Waals surface area contributed by atoms with Crippen molar-refractivity contribution < 1.29 is 18.0 Å². The fourth-order valence-corrected chi connectivity index (χ4v) is 2.78. The maximum atomic E-state index is 12.5. The number of aromatic nitrogens is 2. The molecule has 1 saturated heterocycles. The van der Waals surface area contributed by atoms with Gasteiger partial charge in [-0.1, -0.05) is 0 Å². The number of alkyl halides is 3. The van der Waals surface area contributed by atoms with E-state index in [1.165, 1.54) is 12.1 Å². The van der Waals surface area contributed by atoms with Crippen molar-refractivity contribution in [2.75, 3.05) is 23.3 Å². The predicted octanol–water partition coefficient (Wildman–Crippen LogP) is 3.35. The van der Waals surface area contributed by atoms with E-state index in [9.17, 15) is 18.0 Å². The molecule has 0 bridgehead atoms. The molecule has 1 amide bonds. The summed E-state index contributed by atoms with van der Waals surface area (Å²) in [6.45, 7) is 1.32. The Morgan fingerprint density at radius 1 is 1.08 bits per heavy atom. The van der Waals surface area contributed by atoms with Crippen LogP contribution in [0.4, 0.5) is 24.8 Å². The van der Waals surface area contributed by atoms with Crippen LogP contribution in [-0.4, -0.2) is 29.0 Å². The summed E-state index contributed by atoms with van der Waals surface area (Å²) >= 11 is 0. The summed E-state index contributed by atoms with van der Waals surface area (Å²) < 4.78 is 37.6. The molecule has 132 valence electrons. The normalized spacial score (nSPS) is 15.9. The van der Waals surface area contributed by atoms with Crippen LogP contribution in [0.5, 0.6) is 0 Å². The highest BCUT2D eigenvalue weighted by atomic mass is 19.4. The lowest BCUT2D eigenvalue weighted by Gasteiger charge is -2.31. The van der Waals surface area contributed by atoms with Crippen molar-refractivity contribution >= 4 is 17.5 Å². The van der Waals surface area contributed by atoms with Crippen molar-refractivity contribution in [2.24, 2.45) is 5.92 Å². The number of benzene rings is 1. The van der Waals surface area contributed by atoms with E-state index >= 15 is 0 Å². The Kier molecular flexibility index (Phi) is 4.87. The molecule has 2 heterocycles. The zero-order chi connectivity index (χ0) is 17.9. The Balaban J connectivity index is 1.54. The van der Waals surface area contributed by atoms with E-state index in [0.29, 0.717) is 37.6 Å². The van der Waals surface area contributed by atoms with Crippen molar-refractivity contribution in [1.82, 2.24) is 9.97 Å². The molecule has 5 nitrogen and oxygen atoms in total. The van der Waals surface area contributed by atoms with E-state index in [0.717, 1.165) is 12.1 Å². The third-order valence-corrected chi connectivity index (χ3v) is 4.18. The van der Waals surface area contributed by atoms with E-state index < -0.39 is 11.7 Å². The lowest BCUT2D eigenvalue weighted by atomic mass is 9.96. The van der Waals surface area contributed by atoms with Crippen molar-refractivity contribution in [1.29, 1.82) is 0 Å². The van der Waals surface area contributed by atoms with Gasteiger partial charge in [0.2, 0.25) is 11.9 Å². The summed E-state index contributed by atoms with van der Waals surface area (Å²) in [7, 11) is 0. The van der Waals surface area contributed by atoms with Gasteiger partial charge in [-0.15, -0.1) is 0 Å². The van der Waals surface area contributed by atoms with Crippen LogP contribution < -0.4 is 10.2 Å². The molecular weight excluding hydrogens is 333 g/mol. The number of hydrogen-bond donors (Lipinski definition) is 1. The zero-order valence-electron chi connectivity index (χ0n) is 13.3. The lowest BCUT2D eigenvalue weighted by Crippen LogP contribution is -2.39. The number of halogens is 3. The minimum absolute atomic E-state index is 0.173. The first-order valence-corrected chi connectivity index (χ1v) is 7.93. The second-order valence-corrected chi connectivity index (χ2v) is 5.87. The summed E-state index contributed by atoms with van der Waals surface area (Å²) in [4.78, 5) is 22.7. The van der Waals surface area contributed by atoms with Gasteiger partial charge in [-0.25, -0.2) is 9.97 Å². The fourth-order valence-electron chi connectivity index (χ4n) is 2.78. The van der Waals surface area contributed by atoms with Gasteiger partial charge in [0.05, 0.1) is 5.56 Å². The average Bonchev–Trinajstić information content (AvgIpc) is 2.62. The van der Waals surface area contributed by atoms with Crippen LogP contribution in [0, 0.1) is 5.92 Å². The van der Waals surface area contributed by atoms with Crippen molar-refractivity contribution in [3.05, 3.63) is 48.3 Å². The zero-order valence-corrected chi connectivity index (χ0v) is 13.3. The maximum Gasteiger partial charge on any atom is 0.416 e. The van der Waals surface area contributed by atoms with E-state index in [4.69, 9.17) is 0 Å². The Hall–Kier alpha value is -2.64. The second-order valence-electron chi connectivity index (χ2n) is 5.87. The first-order valence-electron chi connectivity index (χ1n) is 7.93. The molecule has 8 heteroatoms. The molecule has 1 fully saturated rings. The Morgan fingerprint density at radius 2 is 1.68 bits per heavy atom. The van der Waals surface area contributed by atoms with E-state index in [2.05, 4.69) is 15.3 Å².